The van der Waals surface area contributed by atoms with Crippen LogP contribution < -0.4 is 5.73 Å². The SMILES string of the molecule is CCOC(=O)c1cc(C(C)(C)C)c(N)[nH]1. The number of H-pyrrole nitrogens is 1. The first-order valence-corrected chi connectivity index (χ1v) is 5.02. The monoisotopic (exact) mass is 210 g/mol. The fourth-order valence-electron chi connectivity index (χ4n) is 1.41. The predicted octanol–water partition coefficient (Wildman–Crippen LogP) is 2.07. The zero-order valence-corrected chi connectivity index (χ0v) is 9.68. The number of nitrogen functional groups attached to an aromatic ring is 1. The van der Waals surface area contributed by atoms with Gasteiger partial charge in [0.15, 0.2) is 0 Å². The van der Waals surface area contributed by atoms with Gasteiger partial charge in [0.1, 0.15) is 11.5 Å². The Morgan fingerprint density at radius 3 is 2.53 bits per heavy atom. The largest absolute Gasteiger partial charge is 0.461 e. The summed E-state index contributed by atoms with van der Waals surface area (Å²) in [6.07, 6.45) is 0. The number of esters is 1. The fraction of sp³-hybridized carbons (Fsp3) is 0.545. The molecule has 84 valence electrons. The number of nitrogens with one attached hydrogen (secondary N) is 1. The molecular weight excluding hydrogens is 192 g/mol. The molecule has 0 bridgehead atoms. The third-order valence-corrected chi connectivity index (χ3v) is 2.15. The van der Waals surface area contributed by atoms with Gasteiger partial charge in [0.05, 0.1) is 6.61 Å². The van der Waals surface area contributed by atoms with E-state index in [-0.39, 0.29) is 11.4 Å². The highest BCUT2D eigenvalue weighted by molar-refractivity contribution is 5.88. The van der Waals surface area contributed by atoms with Gasteiger partial charge >= 0.3 is 5.97 Å². The van der Waals surface area contributed by atoms with Crippen molar-refractivity contribution in [1.29, 1.82) is 0 Å². The van der Waals surface area contributed by atoms with Gasteiger partial charge in [0.25, 0.3) is 0 Å². The van der Waals surface area contributed by atoms with Crippen LogP contribution in [0.2, 0.25) is 0 Å². The topological polar surface area (TPSA) is 68.1 Å². The Bertz CT molecular complexity index is 361. The summed E-state index contributed by atoms with van der Waals surface area (Å²) < 4.78 is 4.88. The molecule has 0 saturated heterocycles. The molecule has 0 spiro atoms. The zero-order valence-electron chi connectivity index (χ0n) is 9.68. The van der Waals surface area contributed by atoms with Crippen molar-refractivity contribution in [1.82, 2.24) is 4.98 Å². The van der Waals surface area contributed by atoms with Gasteiger partial charge in [-0.3, -0.25) is 0 Å². The van der Waals surface area contributed by atoms with E-state index < -0.39 is 0 Å². The Kier molecular flexibility index (Phi) is 3.07. The maximum absolute atomic E-state index is 11.4. The van der Waals surface area contributed by atoms with Crippen LogP contribution >= 0.6 is 0 Å². The van der Waals surface area contributed by atoms with Crippen molar-refractivity contribution in [3.8, 4) is 0 Å². The lowest BCUT2D eigenvalue weighted by Gasteiger charge is -2.17. The van der Waals surface area contributed by atoms with E-state index in [4.69, 9.17) is 10.5 Å². The summed E-state index contributed by atoms with van der Waals surface area (Å²) in [5.74, 6) is 0.172. The molecular formula is C11H18N2O2. The van der Waals surface area contributed by atoms with Gasteiger partial charge in [-0.25, -0.2) is 4.79 Å². The van der Waals surface area contributed by atoms with E-state index in [0.29, 0.717) is 18.1 Å². The second kappa shape index (κ2) is 3.96. The lowest BCUT2D eigenvalue weighted by Crippen LogP contribution is -2.12. The van der Waals surface area contributed by atoms with Crippen LogP contribution in [-0.2, 0) is 10.2 Å². The first kappa shape index (κ1) is 11.6. The highest BCUT2D eigenvalue weighted by atomic mass is 16.5. The summed E-state index contributed by atoms with van der Waals surface area (Å²) in [4.78, 5) is 14.3. The number of ether oxygens (including phenoxy) is 1. The number of hydrogen-bond donors (Lipinski definition) is 2. The molecule has 0 atom stereocenters. The van der Waals surface area contributed by atoms with Gasteiger partial charge in [-0.05, 0) is 24.0 Å². The summed E-state index contributed by atoms with van der Waals surface area (Å²) in [6.45, 7) is 8.27. The first-order chi connectivity index (χ1) is 6.86. The van der Waals surface area contributed by atoms with Gasteiger partial charge in [-0.15, -0.1) is 0 Å². The van der Waals surface area contributed by atoms with E-state index in [1.165, 1.54) is 0 Å². The molecule has 0 unspecified atom stereocenters. The van der Waals surface area contributed by atoms with E-state index in [2.05, 4.69) is 4.98 Å². The van der Waals surface area contributed by atoms with Gasteiger partial charge in [-0.1, -0.05) is 20.8 Å². The average Bonchev–Trinajstić information content (AvgIpc) is 2.47. The maximum Gasteiger partial charge on any atom is 0.354 e. The molecule has 0 aliphatic rings. The van der Waals surface area contributed by atoms with Crippen LogP contribution in [0.1, 0.15) is 43.7 Å². The summed E-state index contributed by atoms with van der Waals surface area (Å²) in [5.41, 5.74) is 7.07. The Morgan fingerprint density at radius 2 is 2.13 bits per heavy atom. The van der Waals surface area contributed by atoms with Gasteiger partial charge in [0, 0.05) is 0 Å². The van der Waals surface area contributed by atoms with E-state index >= 15 is 0 Å². The van der Waals surface area contributed by atoms with Crippen molar-refractivity contribution >= 4 is 11.8 Å². The molecule has 0 amide bonds. The van der Waals surface area contributed by atoms with Gasteiger partial charge in [0.2, 0.25) is 0 Å². The smallest absolute Gasteiger partial charge is 0.354 e. The second-order valence-corrected chi connectivity index (χ2v) is 4.48. The van der Waals surface area contributed by atoms with Gasteiger partial charge < -0.3 is 15.5 Å². The normalized spacial score (nSPS) is 11.5. The van der Waals surface area contributed by atoms with Crippen LogP contribution in [0.4, 0.5) is 5.82 Å². The molecule has 1 heterocycles. The number of carbonyl (C=O) groups is 1. The number of carbonyl (C=O) groups excluding carboxylic acids is 1. The van der Waals surface area contributed by atoms with E-state index in [1.54, 1.807) is 13.0 Å². The summed E-state index contributed by atoms with van der Waals surface area (Å²) >= 11 is 0. The molecule has 1 rings (SSSR count). The van der Waals surface area contributed by atoms with Crippen molar-refractivity contribution in [2.45, 2.75) is 33.1 Å². The molecule has 4 heteroatoms. The lowest BCUT2D eigenvalue weighted by atomic mass is 9.88. The fourth-order valence-corrected chi connectivity index (χ4v) is 1.41. The predicted molar refractivity (Wildman–Crippen MR) is 59.9 cm³/mol. The Morgan fingerprint density at radius 1 is 1.53 bits per heavy atom. The number of nitrogens with two attached hydrogens (primary N) is 1. The molecule has 1 aromatic rings. The molecule has 3 N–H and O–H groups in total. The quantitative estimate of drug-likeness (QED) is 0.734. The molecule has 0 aliphatic carbocycles. The van der Waals surface area contributed by atoms with Crippen LogP contribution in [0.15, 0.2) is 6.07 Å². The zero-order chi connectivity index (χ0) is 11.6. The third kappa shape index (κ3) is 2.52. The van der Waals surface area contributed by atoms with E-state index in [9.17, 15) is 4.79 Å². The third-order valence-electron chi connectivity index (χ3n) is 2.15. The minimum absolute atomic E-state index is 0.0780. The van der Waals surface area contributed by atoms with Crippen LogP contribution in [0.25, 0.3) is 0 Å². The molecule has 0 fully saturated rings. The van der Waals surface area contributed by atoms with Crippen molar-refractivity contribution in [2.24, 2.45) is 0 Å². The van der Waals surface area contributed by atoms with Crippen LogP contribution in [0.3, 0.4) is 0 Å². The van der Waals surface area contributed by atoms with Gasteiger partial charge in [-0.2, -0.15) is 0 Å². The number of aromatic nitrogens is 1. The average molecular weight is 210 g/mol. The van der Waals surface area contributed by atoms with Crippen molar-refractivity contribution in [2.75, 3.05) is 12.3 Å². The standard InChI is InChI=1S/C11H18N2O2/c1-5-15-10(14)8-6-7(9(12)13-8)11(2,3)4/h6,13H,5,12H2,1-4H3. The molecule has 4 nitrogen and oxygen atoms in total. The molecule has 15 heavy (non-hydrogen) atoms. The number of anilines is 1. The lowest BCUT2D eigenvalue weighted by molar-refractivity contribution is 0.0520. The van der Waals surface area contributed by atoms with E-state index in [0.717, 1.165) is 5.56 Å². The Balaban J connectivity index is 3.01. The van der Waals surface area contributed by atoms with Crippen LogP contribution in [0.5, 0.6) is 0 Å². The van der Waals surface area contributed by atoms with Crippen LogP contribution in [0, 0.1) is 0 Å². The Hall–Kier alpha value is -1.45. The van der Waals surface area contributed by atoms with Crippen LogP contribution in [-0.4, -0.2) is 17.6 Å². The molecule has 0 aliphatic heterocycles. The Labute approximate surface area is 89.8 Å². The highest BCUT2D eigenvalue weighted by Gasteiger charge is 2.21. The molecule has 1 aromatic heterocycles. The summed E-state index contributed by atoms with van der Waals surface area (Å²) in [7, 11) is 0. The van der Waals surface area contributed by atoms with Crippen molar-refractivity contribution in [3.63, 3.8) is 0 Å². The number of rotatable bonds is 2. The summed E-state index contributed by atoms with van der Waals surface area (Å²) in [6, 6.07) is 1.76. The highest BCUT2D eigenvalue weighted by Crippen LogP contribution is 2.28. The van der Waals surface area contributed by atoms with E-state index in [1.807, 2.05) is 20.8 Å². The summed E-state index contributed by atoms with van der Waals surface area (Å²) in [5, 5.41) is 0. The second-order valence-electron chi connectivity index (χ2n) is 4.48. The molecule has 0 saturated carbocycles. The number of aromatic amines is 1. The minimum atomic E-state index is -0.361. The number of hydrogen-bond acceptors (Lipinski definition) is 3. The van der Waals surface area contributed by atoms with Crippen molar-refractivity contribution in [3.05, 3.63) is 17.3 Å². The molecule has 0 aromatic carbocycles. The minimum Gasteiger partial charge on any atom is -0.461 e. The molecule has 0 radical (unpaired) electrons. The van der Waals surface area contributed by atoms with Crippen molar-refractivity contribution < 1.29 is 9.53 Å². The maximum atomic E-state index is 11.4. The first-order valence-electron chi connectivity index (χ1n) is 5.02.